The summed E-state index contributed by atoms with van der Waals surface area (Å²) in [4.78, 5) is 66.6. The summed E-state index contributed by atoms with van der Waals surface area (Å²) in [7, 11) is 8.00. The summed E-state index contributed by atoms with van der Waals surface area (Å²) < 4.78 is 50.1. The number of fused-ring (bicyclic) bond motifs is 5. The summed E-state index contributed by atoms with van der Waals surface area (Å²) in [5.41, 5.74) is 20.0. The van der Waals surface area contributed by atoms with Crippen LogP contribution in [0.25, 0.3) is 85.8 Å². The number of nitrogens with two attached hydrogens (primary N) is 1. The standard InChI is InChI=1S/C21H19N3O2S.C15H17N3O.C15H15N3.C9H6N2.C8H6BrN.C6H5ClO2S.C6H11NO.C5H9NO.C2H6O.CN.Cu/c1-22-17-8-9-21-19(14-17)20(16-10-12-23(2)13-11-16)15-24(21)27(25,26)18-6-4-3-5-7-18;1-18-6-4-10(5-7-18)13-9-17-14-3-2-11(15(16)19)8-12(13)14;1-16-12-3-4-15-13(9-12)14(10-17-15)11-5-7-18(2)8-6-11;1-10-8-2-3-9-7(6-8)4-5-11-9;9-7-1-2-8-6(5-7)3-4-10-8;7-10(8,9)6-4-2-1-3-5-6;1-7-4-2-6(8)3-5-7;1-6-4-2-3-5(6)7;1-2-3;1-2;/h3-10,14-15H,11-13H2,2H3;2-4,8-9,17H,5-7H2,1H3,(H2,16,19);3-5,9-10,17H,6-8H2,2H3;2-6,11H;1-5,10H;1-5H;2-5H2,1H3;2-4H2,1H3;3H,2H2,1H3;;/q;;;;;;;;;-1;+1. The minimum Gasteiger partial charge on any atom is -0.512 e. The molecule has 5 aromatic heterocycles. The molecule has 10 heterocycles. The molecule has 2 amide bonds. The first kappa shape index (κ1) is 92.2. The number of nitrogens with zero attached hydrogens (tertiary/aromatic N) is 10. The van der Waals surface area contributed by atoms with Crippen LogP contribution >= 0.6 is 26.6 Å². The number of hydrogen-bond acceptors (Lipinski definition) is 13. The molecule has 0 spiro atoms. The van der Waals surface area contributed by atoms with E-state index < -0.39 is 19.1 Å². The summed E-state index contributed by atoms with van der Waals surface area (Å²) >= 11 is 3.40. The number of likely N-dealkylation sites (N-methyl/N-ethyl adjacent to an activating group) is 3. The van der Waals surface area contributed by atoms with Crippen LogP contribution in [0.15, 0.2) is 227 Å². The quantitative estimate of drug-likeness (QED) is 0.0492. The van der Waals surface area contributed by atoms with Gasteiger partial charge < -0.3 is 67.1 Å². The number of aromatic nitrogens is 5. The summed E-state index contributed by atoms with van der Waals surface area (Å²) in [5.74, 6) is 0.328. The van der Waals surface area contributed by atoms with E-state index in [9.17, 15) is 31.2 Å². The van der Waals surface area contributed by atoms with Gasteiger partial charge in [0.15, 0.2) is 17.1 Å². The minimum absolute atomic E-state index is 0. The van der Waals surface area contributed by atoms with Crippen molar-refractivity contribution in [3.63, 3.8) is 0 Å². The van der Waals surface area contributed by atoms with E-state index in [4.69, 9.17) is 53.1 Å². The van der Waals surface area contributed by atoms with E-state index >= 15 is 0 Å². The predicted octanol–water partition coefficient (Wildman–Crippen LogP) is 17.4. The first-order chi connectivity index (χ1) is 55.3. The molecule has 2 fully saturated rings. The fraction of sp³-hybridized carbons (Fsp3) is 0.261. The predicted molar refractivity (Wildman–Crippen MR) is 465 cm³/mol. The molecule has 17 rings (SSSR count). The number of halogens is 2. The van der Waals surface area contributed by atoms with E-state index in [1.54, 1.807) is 90.8 Å². The largest absolute Gasteiger partial charge is 1.00 e. The number of amides is 2. The Morgan fingerprint density at radius 1 is 0.526 bits per heavy atom. The second-order valence-corrected chi connectivity index (χ2v) is 32.8. The summed E-state index contributed by atoms with van der Waals surface area (Å²) in [6, 6.07) is 48.6. The third-order valence-electron chi connectivity index (χ3n) is 19.3. The van der Waals surface area contributed by atoms with Crippen LogP contribution in [-0.4, -0.2) is 189 Å². The number of benzene rings is 7. The van der Waals surface area contributed by atoms with E-state index in [1.165, 1.54) is 54.7 Å². The van der Waals surface area contributed by atoms with E-state index in [0.29, 0.717) is 39.8 Å². The van der Waals surface area contributed by atoms with Crippen LogP contribution < -0.4 is 5.73 Å². The molecule has 0 atom stereocenters. The number of primary amides is 1. The minimum atomic E-state index is -3.71. The van der Waals surface area contributed by atoms with E-state index in [-0.39, 0.29) is 39.4 Å². The van der Waals surface area contributed by atoms with E-state index in [2.05, 4.69) is 134 Å². The van der Waals surface area contributed by atoms with Gasteiger partial charge in [0.1, 0.15) is 5.78 Å². The van der Waals surface area contributed by atoms with Gasteiger partial charge in [-0.3, -0.25) is 14.4 Å². The monoisotopic (exact) mass is 1730 g/mol. The van der Waals surface area contributed by atoms with Crippen molar-refractivity contribution in [3.05, 3.63) is 281 Å². The zero-order chi connectivity index (χ0) is 83.2. The molecule has 0 aliphatic carbocycles. The normalized spacial score (nSPS) is 14.8. The summed E-state index contributed by atoms with van der Waals surface area (Å²) in [6.07, 6.45) is 22.6. The van der Waals surface area contributed by atoms with Crippen LogP contribution in [0.2, 0.25) is 0 Å². The van der Waals surface area contributed by atoms with Crippen LogP contribution in [0, 0.1) is 31.6 Å². The number of aliphatic hydroxyl groups is 1. The second kappa shape index (κ2) is 45.4. The first-order valence-electron chi connectivity index (χ1n) is 37.1. The van der Waals surface area contributed by atoms with Crippen molar-refractivity contribution in [3.8, 4) is 0 Å². The molecule has 0 unspecified atom stereocenters. The summed E-state index contributed by atoms with van der Waals surface area (Å²) in [5, 5.41) is 19.2. The zero-order valence-corrected chi connectivity index (χ0v) is 70.4. The molecule has 0 saturated carbocycles. The van der Waals surface area contributed by atoms with Crippen molar-refractivity contribution in [1.82, 2.24) is 48.4 Å². The number of likely N-dealkylation sites (tertiary alicyclic amines) is 2. The van der Waals surface area contributed by atoms with Crippen molar-refractivity contribution in [1.29, 1.82) is 5.26 Å². The Morgan fingerprint density at radius 2 is 0.957 bits per heavy atom. The smallest absolute Gasteiger partial charge is 0.512 e. The third kappa shape index (κ3) is 26.3. The van der Waals surface area contributed by atoms with Crippen LogP contribution in [0.1, 0.15) is 78.9 Å². The molecule has 0 bridgehead atoms. The van der Waals surface area contributed by atoms with Crippen molar-refractivity contribution < 1.29 is 53.4 Å². The molecule has 116 heavy (non-hydrogen) atoms. The Bertz CT molecular complexity index is 5800. The number of nitrogens with one attached hydrogen (secondary N) is 4. The molecule has 606 valence electrons. The molecule has 5 aliphatic rings. The molecule has 5 aliphatic heterocycles. The Hall–Kier alpha value is -11.0. The number of aliphatic hydroxyl groups excluding tert-OH is 1. The average Bonchev–Trinajstić information content (AvgIpc) is 1.60. The van der Waals surface area contributed by atoms with Crippen molar-refractivity contribution in [2.24, 2.45) is 5.73 Å². The second-order valence-electron chi connectivity index (χ2n) is 27.5. The number of H-pyrrole nitrogens is 4. The van der Waals surface area contributed by atoms with Crippen LogP contribution in [0.4, 0.5) is 17.1 Å². The van der Waals surface area contributed by atoms with Gasteiger partial charge in [-0.1, -0.05) is 88.8 Å². The molecular formula is C88H94BrClCuN15O8S2. The number of carbonyl (C=O) groups is 3. The Kier molecular flexibility index (Phi) is 36.0. The number of Topliss-reactive ketones (excluding diaryl/α,β-unsaturated/α-hetero) is 1. The third-order valence-corrected chi connectivity index (χ3v) is 22.8. The topological polar surface area (TPSA) is 287 Å². The Balaban J connectivity index is 0.000000188. The van der Waals surface area contributed by atoms with Gasteiger partial charge in [-0.05, 0) is 203 Å². The number of ketones is 1. The van der Waals surface area contributed by atoms with Crippen molar-refractivity contribution in [2.45, 2.75) is 61.7 Å². The number of piperidine rings is 1. The number of rotatable bonds is 7. The number of aromatic amines is 4. The van der Waals surface area contributed by atoms with Crippen LogP contribution in [-0.2, 0) is 45.7 Å². The van der Waals surface area contributed by atoms with Gasteiger partial charge in [-0.15, -0.1) is 0 Å². The Labute approximate surface area is 702 Å². The molecular weight excluding hydrogens is 1640 g/mol. The Morgan fingerprint density at radius 3 is 1.39 bits per heavy atom. The van der Waals surface area contributed by atoms with Gasteiger partial charge in [-0.25, -0.2) is 35.3 Å². The van der Waals surface area contributed by atoms with Crippen LogP contribution in [0.5, 0.6) is 0 Å². The fourth-order valence-electron chi connectivity index (χ4n) is 12.8. The van der Waals surface area contributed by atoms with Crippen LogP contribution in [0.3, 0.4) is 0 Å². The first-order valence-corrected chi connectivity index (χ1v) is 41.7. The number of carbonyl (C=O) groups excluding carboxylic acids is 3. The summed E-state index contributed by atoms with van der Waals surface area (Å²) in [6.45, 7) is 36.6. The zero-order valence-electron chi connectivity index (χ0n) is 65.5. The maximum absolute atomic E-state index is 13.2. The molecule has 7 aromatic carbocycles. The fourth-order valence-corrected chi connectivity index (χ4v) is 15.4. The molecule has 0 radical (unpaired) electrons. The van der Waals surface area contributed by atoms with E-state index in [1.807, 2.05) is 93.3 Å². The maximum Gasteiger partial charge on any atom is 1.00 e. The SMILES string of the molecule is Brc1ccc2[nH]ccc2c1.CCO.CN1CC=C(c2c[nH]c3ccc(C(N)=O)cc23)CC1.CN1CCC(=O)CC1.CN1CCCC1=O.O=S(=O)(Cl)c1ccccc1.[C-]#N.[C-]#[N+]c1ccc2[nH]cc(C3=CCN(C)CC3)c2c1.[C-]#[N+]c1ccc2[nH]ccc2c1.[C-]#[N+]c1ccc2c(c1)c(C1=CCN(C)CC1)cn2S(=O)(=O)c1ccccc1.[Cu+]. The van der Waals surface area contributed by atoms with Gasteiger partial charge in [0.05, 0.1) is 35.0 Å². The van der Waals surface area contributed by atoms with Gasteiger partial charge in [0.25, 0.3) is 19.1 Å². The van der Waals surface area contributed by atoms with Gasteiger partial charge in [0.2, 0.25) is 11.8 Å². The molecule has 12 aromatic rings. The number of hydrogen-bond donors (Lipinski definition) is 6. The molecule has 23 nitrogen and oxygen atoms in total. The van der Waals surface area contributed by atoms with Crippen molar-refractivity contribution in [2.75, 3.05) is 101 Å². The molecule has 28 heteroatoms. The van der Waals surface area contributed by atoms with E-state index in [0.717, 1.165) is 152 Å². The van der Waals surface area contributed by atoms with Gasteiger partial charge in [0, 0.05) is 193 Å². The molecule has 7 N–H and O–H groups in total. The van der Waals surface area contributed by atoms with Gasteiger partial charge in [-0.2, -0.15) is 0 Å². The van der Waals surface area contributed by atoms with Crippen molar-refractivity contribution >= 4 is 152 Å². The molecule has 2 saturated heterocycles. The maximum atomic E-state index is 13.2. The average molecular weight is 1730 g/mol. The van der Waals surface area contributed by atoms with Gasteiger partial charge >= 0.3 is 17.1 Å².